The fourth-order valence-electron chi connectivity index (χ4n) is 2.45. The Morgan fingerprint density at radius 1 is 0.973 bits per heavy atom. The van der Waals surface area contributed by atoms with Crippen LogP contribution >= 0.6 is 19.7 Å². The Labute approximate surface area is 236 Å². The highest BCUT2D eigenvalue weighted by atomic mass is 32.2. The molecule has 1 aliphatic heterocycles. The second-order valence-corrected chi connectivity index (χ2v) is 13.2. The van der Waals surface area contributed by atoms with Crippen molar-refractivity contribution < 1.29 is 5.11 Å². The van der Waals surface area contributed by atoms with Crippen LogP contribution in [0.3, 0.4) is 0 Å². The number of phenolic OH excluding ortho intramolecular Hbond substituents is 1. The Hall–Kier alpha value is -1.96. The summed E-state index contributed by atoms with van der Waals surface area (Å²) in [6.45, 7) is 35.1. The molecule has 1 aliphatic rings. The molecule has 37 heavy (non-hydrogen) atoms. The first-order valence-corrected chi connectivity index (χ1v) is 16.4. The van der Waals surface area contributed by atoms with E-state index in [1.54, 1.807) is 30.0 Å². The zero-order valence-electron chi connectivity index (χ0n) is 26.1. The second kappa shape index (κ2) is 23.2. The smallest absolute Gasteiger partial charge is 0.115 e. The molecule has 0 radical (unpaired) electrons. The molecule has 1 atom stereocenters. The summed E-state index contributed by atoms with van der Waals surface area (Å²) in [5, 5.41) is 12.5. The molecule has 2 rings (SSSR count). The molecule has 0 amide bonds. The van der Waals surface area contributed by atoms with E-state index in [1.165, 1.54) is 10.5 Å². The minimum Gasteiger partial charge on any atom is -0.508 e. The first kappa shape index (κ1) is 39.6. The second-order valence-electron chi connectivity index (χ2n) is 9.41. The van der Waals surface area contributed by atoms with E-state index in [0.717, 1.165) is 16.3 Å². The number of thioether (sulfide) groups is 1. The van der Waals surface area contributed by atoms with E-state index in [2.05, 4.69) is 72.5 Å². The third kappa shape index (κ3) is 19.8. The maximum Gasteiger partial charge on any atom is 0.115 e. The summed E-state index contributed by atoms with van der Waals surface area (Å²) in [6.07, 6.45) is 11.8. The molecule has 0 aromatic heterocycles. The van der Waals surface area contributed by atoms with Gasteiger partial charge in [0.15, 0.2) is 0 Å². The van der Waals surface area contributed by atoms with Gasteiger partial charge in [-0.05, 0) is 62.4 Å². The molecular formula is C33H56NOPS. The average molecular weight is 546 g/mol. The molecule has 1 aromatic rings. The van der Waals surface area contributed by atoms with Gasteiger partial charge < -0.3 is 10.4 Å². The van der Waals surface area contributed by atoms with E-state index in [1.807, 2.05) is 78.0 Å². The third-order valence-electron chi connectivity index (χ3n) is 4.24. The highest BCUT2D eigenvalue weighted by Crippen LogP contribution is 2.44. The summed E-state index contributed by atoms with van der Waals surface area (Å²) >= 11 is 1.72. The van der Waals surface area contributed by atoms with Gasteiger partial charge in [0.25, 0.3) is 0 Å². The zero-order valence-corrected chi connectivity index (χ0v) is 27.8. The van der Waals surface area contributed by atoms with Crippen LogP contribution in [0, 0.1) is 5.41 Å². The lowest BCUT2D eigenvalue weighted by atomic mass is 10.0. The van der Waals surface area contributed by atoms with Gasteiger partial charge in [-0.3, -0.25) is 0 Å². The van der Waals surface area contributed by atoms with Gasteiger partial charge in [0.2, 0.25) is 0 Å². The predicted octanol–water partition coefficient (Wildman–Crippen LogP) is 11.6. The van der Waals surface area contributed by atoms with Crippen molar-refractivity contribution in [1.29, 1.82) is 0 Å². The quantitative estimate of drug-likeness (QED) is 0.361. The van der Waals surface area contributed by atoms with Crippen molar-refractivity contribution in [2.45, 2.75) is 81.8 Å². The van der Waals surface area contributed by atoms with E-state index in [-0.39, 0.29) is 7.92 Å². The molecule has 0 bridgehead atoms. The lowest BCUT2D eigenvalue weighted by Crippen LogP contribution is -2.17. The molecule has 1 unspecified atom stereocenters. The minimum absolute atomic E-state index is 0.0708. The van der Waals surface area contributed by atoms with Gasteiger partial charge in [0.05, 0.1) is 11.4 Å². The number of phenols is 1. The molecule has 1 heterocycles. The minimum atomic E-state index is 0.0708. The molecule has 0 aliphatic carbocycles. The van der Waals surface area contributed by atoms with Gasteiger partial charge in [0.1, 0.15) is 5.75 Å². The van der Waals surface area contributed by atoms with E-state index >= 15 is 0 Å². The number of allylic oxidation sites excluding steroid dienone is 6. The molecule has 0 spiro atoms. The van der Waals surface area contributed by atoms with Crippen LogP contribution < -0.4 is 5.32 Å². The van der Waals surface area contributed by atoms with Crippen molar-refractivity contribution in [1.82, 2.24) is 5.32 Å². The Kier molecular flexibility index (Phi) is 24.8. The first-order valence-electron chi connectivity index (χ1n) is 13.3. The van der Waals surface area contributed by atoms with Crippen molar-refractivity contribution >= 4 is 19.7 Å². The highest BCUT2D eigenvalue weighted by Gasteiger charge is 2.16. The maximum atomic E-state index is 9.08. The Bertz CT molecular complexity index is 863. The Morgan fingerprint density at radius 3 is 1.81 bits per heavy atom. The van der Waals surface area contributed by atoms with Crippen LogP contribution in [0.4, 0.5) is 0 Å². The van der Waals surface area contributed by atoms with Crippen molar-refractivity contribution in [3.05, 3.63) is 101 Å². The third-order valence-corrected chi connectivity index (χ3v) is 7.37. The topological polar surface area (TPSA) is 32.3 Å². The zero-order chi connectivity index (χ0) is 29.6. The molecule has 1 aromatic carbocycles. The van der Waals surface area contributed by atoms with Gasteiger partial charge in [-0.25, -0.2) is 0 Å². The molecule has 2 nitrogen and oxygen atoms in total. The normalized spacial score (nSPS) is 15.6. The van der Waals surface area contributed by atoms with Crippen LogP contribution in [0.2, 0.25) is 0 Å². The summed E-state index contributed by atoms with van der Waals surface area (Å²) in [4.78, 5) is 2.34. The number of benzene rings is 1. The lowest BCUT2D eigenvalue weighted by molar-refractivity contribution is 0.469. The summed E-state index contributed by atoms with van der Waals surface area (Å²) in [6, 6.07) is 7.51. The van der Waals surface area contributed by atoms with Gasteiger partial charge in [-0.1, -0.05) is 124 Å². The van der Waals surface area contributed by atoms with Crippen LogP contribution in [0.1, 0.15) is 87.4 Å². The van der Waals surface area contributed by atoms with E-state index < -0.39 is 0 Å². The monoisotopic (exact) mass is 545 g/mol. The van der Waals surface area contributed by atoms with Crippen molar-refractivity contribution in [2.75, 3.05) is 13.3 Å². The standard InChI is InChI=1S/C14H17NS.C10H15OP.C5H12.2C2H6/c1-5-9-11-13(7-3)16-14(8-4)12(15-11)10-6-2;1-8(12(2)3)9-4-6-10(11)7-5-9;1-5(2,3)4;2*1-2/h5-10,15H,1,4H2,2-3H3;4-8,11H,1-3H3;1-4H3;2*1-2H3/b10-6-,11-9+,13-7+;;;;. The van der Waals surface area contributed by atoms with Gasteiger partial charge in [-0.15, -0.1) is 7.92 Å². The average Bonchev–Trinajstić information content (AvgIpc) is 2.86. The predicted molar refractivity (Wildman–Crippen MR) is 178 cm³/mol. The van der Waals surface area contributed by atoms with Gasteiger partial charge >= 0.3 is 0 Å². The van der Waals surface area contributed by atoms with Crippen molar-refractivity contribution in [3.8, 4) is 5.75 Å². The first-order chi connectivity index (χ1) is 17.4. The van der Waals surface area contributed by atoms with Crippen molar-refractivity contribution in [2.24, 2.45) is 5.41 Å². The maximum absolute atomic E-state index is 9.08. The Balaban J connectivity index is -0.000000484. The van der Waals surface area contributed by atoms with Crippen LogP contribution in [-0.4, -0.2) is 18.4 Å². The van der Waals surface area contributed by atoms with Crippen LogP contribution in [0.15, 0.2) is 95.1 Å². The fraction of sp³-hybridized carbons (Fsp3) is 0.455. The number of aromatic hydroxyl groups is 1. The largest absolute Gasteiger partial charge is 0.508 e. The SMILES string of the molecule is C=C/C=C1/NC(/C=C\C)=C(C=C)S/C1=C/C.CC.CC.CC(C)(C)C.CC(c1ccc(O)cc1)P(C)C. The summed E-state index contributed by atoms with van der Waals surface area (Å²) in [7, 11) is 0.0708. The molecule has 2 N–H and O–H groups in total. The molecule has 0 fully saturated rings. The van der Waals surface area contributed by atoms with Crippen molar-refractivity contribution in [3.63, 3.8) is 0 Å². The molecule has 4 heteroatoms. The highest BCUT2D eigenvalue weighted by molar-refractivity contribution is 8.07. The van der Waals surface area contributed by atoms with E-state index in [9.17, 15) is 0 Å². The van der Waals surface area contributed by atoms with E-state index in [4.69, 9.17) is 5.11 Å². The number of nitrogens with one attached hydrogen (secondary N) is 1. The van der Waals surface area contributed by atoms with Crippen LogP contribution in [0.25, 0.3) is 0 Å². The number of hydrogen-bond donors (Lipinski definition) is 2. The molecule has 210 valence electrons. The number of rotatable bonds is 5. The van der Waals surface area contributed by atoms with Gasteiger partial charge in [0, 0.05) is 15.5 Å². The van der Waals surface area contributed by atoms with Crippen LogP contribution in [-0.2, 0) is 0 Å². The molecule has 0 saturated carbocycles. The fourth-order valence-corrected chi connectivity index (χ4v) is 4.11. The van der Waals surface area contributed by atoms with E-state index in [0.29, 0.717) is 16.8 Å². The Morgan fingerprint density at radius 2 is 1.46 bits per heavy atom. The number of hydrogen-bond acceptors (Lipinski definition) is 3. The summed E-state index contributed by atoms with van der Waals surface area (Å²) in [5.41, 5.74) is 4.62. The van der Waals surface area contributed by atoms with Gasteiger partial charge in [-0.2, -0.15) is 0 Å². The molecule has 0 saturated heterocycles. The molecular weight excluding hydrogens is 489 g/mol. The summed E-state index contributed by atoms with van der Waals surface area (Å²) in [5.74, 6) is 0.350. The van der Waals surface area contributed by atoms with Crippen LogP contribution in [0.5, 0.6) is 5.75 Å². The summed E-state index contributed by atoms with van der Waals surface area (Å²) < 4.78 is 0. The lowest BCUT2D eigenvalue weighted by Gasteiger charge is -2.22.